The van der Waals surface area contributed by atoms with Gasteiger partial charge in [0.05, 0.1) is 18.5 Å². The van der Waals surface area contributed by atoms with Crippen molar-refractivity contribution in [2.24, 2.45) is 0 Å². The summed E-state index contributed by atoms with van der Waals surface area (Å²) in [7, 11) is -3.30. The lowest BCUT2D eigenvalue weighted by Gasteiger charge is -2.19. The van der Waals surface area contributed by atoms with E-state index in [1.807, 2.05) is 19.9 Å². The maximum atomic E-state index is 12.7. The molecule has 0 N–H and O–H groups in total. The molecule has 0 atom stereocenters. The molecule has 1 aromatic carbocycles. The molecule has 0 saturated heterocycles. The molecule has 0 heterocycles. The molecule has 0 aliphatic carbocycles. The van der Waals surface area contributed by atoms with Crippen molar-refractivity contribution in [2.45, 2.75) is 13.8 Å². The Morgan fingerprint density at radius 2 is 1.50 bits per heavy atom. The van der Waals surface area contributed by atoms with Gasteiger partial charge in [-0.1, -0.05) is 42.5 Å². The van der Waals surface area contributed by atoms with Gasteiger partial charge in [0.25, 0.3) is 0 Å². The van der Waals surface area contributed by atoms with Crippen molar-refractivity contribution in [2.75, 3.05) is 13.2 Å². The molecule has 98 valence electrons. The molecular formula is C14H19O3P. The molecule has 0 saturated carbocycles. The second-order valence-electron chi connectivity index (χ2n) is 4.29. The van der Waals surface area contributed by atoms with Crippen LogP contribution in [-0.4, -0.2) is 13.2 Å². The fourth-order valence-electron chi connectivity index (χ4n) is 1.19. The summed E-state index contributed by atoms with van der Waals surface area (Å²) in [5.74, 6) is 0. The summed E-state index contributed by atoms with van der Waals surface area (Å²) in [5.41, 5.74) is 1.59. The first-order valence-corrected chi connectivity index (χ1v) is 7.22. The van der Waals surface area contributed by atoms with Crippen LogP contribution < -0.4 is 5.30 Å². The maximum Gasteiger partial charge on any atom is 0.361 e. The van der Waals surface area contributed by atoms with E-state index in [9.17, 15) is 4.57 Å². The summed E-state index contributed by atoms with van der Waals surface area (Å²) in [6.07, 6.45) is 0. The third-order valence-corrected chi connectivity index (χ3v) is 3.90. The van der Waals surface area contributed by atoms with Gasteiger partial charge >= 0.3 is 7.60 Å². The van der Waals surface area contributed by atoms with Gasteiger partial charge in [0.2, 0.25) is 0 Å². The highest BCUT2D eigenvalue weighted by Crippen LogP contribution is 2.47. The fourth-order valence-corrected chi connectivity index (χ4v) is 2.88. The fraction of sp³-hybridized carbons (Fsp3) is 0.286. The third kappa shape index (κ3) is 4.61. The largest absolute Gasteiger partial charge is 0.361 e. The SMILES string of the molecule is C=C(C)COP(=O)(OCC(=C)C)c1ccccc1. The first kappa shape index (κ1) is 14.9. The molecule has 0 spiro atoms. The van der Waals surface area contributed by atoms with Gasteiger partial charge in [-0.2, -0.15) is 0 Å². The van der Waals surface area contributed by atoms with Gasteiger partial charge in [-0.05, 0) is 26.0 Å². The van der Waals surface area contributed by atoms with Gasteiger partial charge in [-0.15, -0.1) is 0 Å². The Balaban J connectivity index is 2.90. The molecule has 18 heavy (non-hydrogen) atoms. The molecule has 0 aliphatic rings. The highest BCUT2D eigenvalue weighted by Gasteiger charge is 2.27. The molecule has 0 radical (unpaired) electrons. The predicted octanol–water partition coefficient (Wildman–Crippen LogP) is 3.69. The minimum absolute atomic E-state index is 0.211. The smallest absolute Gasteiger partial charge is 0.301 e. The molecule has 0 unspecified atom stereocenters. The van der Waals surface area contributed by atoms with Gasteiger partial charge in [0.1, 0.15) is 0 Å². The number of rotatable bonds is 7. The molecule has 4 heteroatoms. The number of hydrogen-bond donors (Lipinski definition) is 0. The van der Waals surface area contributed by atoms with E-state index in [2.05, 4.69) is 13.2 Å². The summed E-state index contributed by atoms with van der Waals surface area (Å²) >= 11 is 0. The lowest BCUT2D eigenvalue weighted by atomic mass is 10.4. The molecule has 1 rings (SSSR count). The minimum Gasteiger partial charge on any atom is -0.301 e. The van der Waals surface area contributed by atoms with Crippen LogP contribution >= 0.6 is 7.60 Å². The minimum atomic E-state index is -3.30. The van der Waals surface area contributed by atoms with E-state index in [0.29, 0.717) is 5.30 Å². The Hall–Kier alpha value is -1.15. The van der Waals surface area contributed by atoms with E-state index in [-0.39, 0.29) is 13.2 Å². The lowest BCUT2D eigenvalue weighted by molar-refractivity contribution is 0.239. The van der Waals surface area contributed by atoms with Gasteiger partial charge in [-0.25, -0.2) is 0 Å². The average Bonchev–Trinajstić information content (AvgIpc) is 2.35. The zero-order valence-corrected chi connectivity index (χ0v) is 11.8. The highest BCUT2D eigenvalue weighted by atomic mass is 31.2. The van der Waals surface area contributed by atoms with Gasteiger partial charge in [0, 0.05) is 0 Å². The van der Waals surface area contributed by atoms with Crippen LogP contribution in [0.1, 0.15) is 13.8 Å². The van der Waals surface area contributed by atoms with Gasteiger partial charge in [-0.3, -0.25) is 4.57 Å². The van der Waals surface area contributed by atoms with Crippen molar-refractivity contribution in [3.63, 3.8) is 0 Å². The zero-order chi connectivity index (χ0) is 13.6. The Morgan fingerprint density at radius 1 is 1.06 bits per heavy atom. The van der Waals surface area contributed by atoms with Crippen molar-refractivity contribution in [1.82, 2.24) is 0 Å². The summed E-state index contributed by atoms with van der Waals surface area (Å²) < 4.78 is 23.5. The Bertz CT molecular complexity index is 443. The van der Waals surface area contributed by atoms with E-state index >= 15 is 0 Å². The van der Waals surface area contributed by atoms with Gasteiger partial charge in [0.15, 0.2) is 0 Å². The van der Waals surface area contributed by atoms with Crippen LogP contribution in [0.15, 0.2) is 54.6 Å². The molecule has 0 aliphatic heterocycles. The Kier molecular flexibility index (Phi) is 5.54. The van der Waals surface area contributed by atoms with E-state index in [4.69, 9.17) is 9.05 Å². The van der Waals surface area contributed by atoms with Crippen molar-refractivity contribution in [1.29, 1.82) is 0 Å². The van der Waals surface area contributed by atoms with E-state index in [1.165, 1.54) is 0 Å². The van der Waals surface area contributed by atoms with Crippen molar-refractivity contribution in [3.05, 3.63) is 54.6 Å². The second kappa shape index (κ2) is 6.69. The standard InChI is InChI=1S/C14H19O3P/c1-12(2)10-16-18(15,17-11-13(3)4)14-8-6-5-7-9-14/h5-9H,1,3,10-11H2,2,4H3. The van der Waals surface area contributed by atoms with Crippen molar-refractivity contribution >= 4 is 12.9 Å². The summed E-state index contributed by atoms with van der Waals surface area (Å²) in [6.45, 7) is 11.5. The van der Waals surface area contributed by atoms with E-state index in [1.54, 1.807) is 24.3 Å². The maximum absolute atomic E-state index is 12.7. The van der Waals surface area contributed by atoms with Crippen molar-refractivity contribution in [3.8, 4) is 0 Å². The third-order valence-electron chi connectivity index (χ3n) is 2.03. The molecule has 1 aromatic rings. The molecular weight excluding hydrogens is 247 g/mol. The molecule has 0 amide bonds. The number of benzene rings is 1. The first-order chi connectivity index (χ1) is 8.44. The van der Waals surface area contributed by atoms with Crippen LogP contribution in [0.2, 0.25) is 0 Å². The monoisotopic (exact) mass is 266 g/mol. The lowest BCUT2D eigenvalue weighted by Crippen LogP contribution is -2.12. The second-order valence-corrected chi connectivity index (χ2v) is 6.32. The van der Waals surface area contributed by atoms with Crippen LogP contribution in [-0.2, 0) is 13.6 Å². The zero-order valence-electron chi connectivity index (χ0n) is 10.9. The summed E-state index contributed by atoms with van der Waals surface area (Å²) in [4.78, 5) is 0. The summed E-state index contributed by atoms with van der Waals surface area (Å²) in [6, 6.07) is 8.92. The Morgan fingerprint density at radius 3 is 1.89 bits per heavy atom. The van der Waals surface area contributed by atoms with Crippen LogP contribution in [0.25, 0.3) is 0 Å². The average molecular weight is 266 g/mol. The quantitative estimate of drug-likeness (QED) is 0.557. The van der Waals surface area contributed by atoms with Crippen LogP contribution in [0.5, 0.6) is 0 Å². The topological polar surface area (TPSA) is 35.5 Å². The molecule has 0 fully saturated rings. The molecule has 0 bridgehead atoms. The molecule has 0 aromatic heterocycles. The highest BCUT2D eigenvalue weighted by molar-refractivity contribution is 7.62. The Labute approximate surface area is 109 Å². The van der Waals surface area contributed by atoms with E-state index < -0.39 is 7.60 Å². The molecule has 3 nitrogen and oxygen atoms in total. The van der Waals surface area contributed by atoms with Crippen LogP contribution in [0.4, 0.5) is 0 Å². The normalized spacial score (nSPS) is 11.2. The van der Waals surface area contributed by atoms with Gasteiger partial charge < -0.3 is 9.05 Å². The van der Waals surface area contributed by atoms with Crippen LogP contribution in [0.3, 0.4) is 0 Å². The predicted molar refractivity (Wildman–Crippen MR) is 75.2 cm³/mol. The summed E-state index contributed by atoms with van der Waals surface area (Å²) in [5, 5.41) is 0.549. The van der Waals surface area contributed by atoms with Crippen LogP contribution in [0, 0.1) is 0 Å². The number of hydrogen-bond acceptors (Lipinski definition) is 3. The van der Waals surface area contributed by atoms with Crippen molar-refractivity contribution < 1.29 is 13.6 Å². The first-order valence-electron chi connectivity index (χ1n) is 5.67. The van der Waals surface area contributed by atoms with E-state index in [0.717, 1.165) is 11.1 Å².